The fraction of sp³-hybridized carbons (Fsp3) is 0.500. The van der Waals surface area contributed by atoms with E-state index in [1.54, 1.807) is 0 Å². The maximum absolute atomic E-state index is 10.7. The number of nitrogens with zero attached hydrogens (tertiary/aromatic N) is 3. The molecule has 0 spiro atoms. The van der Waals surface area contributed by atoms with E-state index in [0.29, 0.717) is 26.1 Å². The van der Waals surface area contributed by atoms with Gasteiger partial charge in [0.2, 0.25) is 0 Å². The van der Waals surface area contributed by atoms with Crippen molar-refractivity contribution in [1.29, 1.82) is 5.26 Å². The second kappa shape index (κ2) is 5.81. The summed E-state index contributed by atoms with van der Waals surface area (Å²) in [6, 6.07) is 3.05. The molecular weight excluding hydrogens is 264 g/mol. The summed E-state index contributed by atoms with van der Waals surface area (Å²) in [7, 11) is 0. The summed E-state index contributed by atoms with van der Waals surface area (Å²) >= 11 is 0. The Balaban J connectivity index is 2.28. The van der Waals surface area contributed by atoms with Crippen molar-refractivity contribution in [3.8, 4) is 6.07 Å². The van der Waals surface area contributed by atoms with Crippen molar-refractivity contribution in [2.45, 2.75) is 18.4 Å². The van der Waals surface area contributed by atoms with E-state index in [-0.39, 0.29) is 23.7 Å². The highest BCUT2D eigenvalue weighted by Crippen LogP contribution is 2.27. The molecular formula is C12H14N4O4. The van der Waals surface area contributed by atoms with Crippen LogP contribution in [0.4, 0.5) is 11.5 Å². The lowest BCUT2D eigenvalue weighted by molar-refractivity contribution is -0.385. The predicted octanol–water partition coefficient (Wildman–Crippen LogP) is 0.815. The lowest BCUT2D eigenvalue weighted by Gasteiger charge is -2.36. The van der Waals surface area contributed by atoms with E-state index < -0.39 is 10.5 Å². The van der Waals surface area contributed by atoms with Crippen LogP contribution in [0.3, 0.4) is 0 Å². The molecule has 2 heterocycles. The zero-order valence-corrected chi connectivity index (χ0v) is 10.7. The van der Waals surface area contributed by atoms with Crippen molar-refractivity contribution in [2.75, 3.05) is 25.1 Å². The number of nitro groups is 1. The van der Waals surface area contributed by atoms with Gasteiger partial charge in [0, 0.05) is 19.3 Å². The molecule has 1 aliphatic heterocycles. The van der Waals surface area contributed by atoms with E-state index in [4.69, 9.17) is 10.00 Å². The summed E-state index contributed by atoms with van der Waals surface area (Å²) in [5.41, 5.74) is -0.761. The van der Waals surface area contributed by atoms with Crippen LogP contribution in [0.15, 0.2) is 12.3 Å². The zero-order chi connectivity index (χ0) is 14.6. The van der Waals surface area contributed by atoms with Crippen LogP contribution in [0, 0.1) is 21.4 Å². The molecule has 8 heteroatoms. The van der Waals surface area contributed by atoms with Crippen LogP contribution in [-0.2, 0) is 4.74 Å². The van der Waals surface area contributed by atoms with Crippen LogP contribution >= 0.6 is 0 Å². The number of hydrogen-bond acceptors (Lipinski definition) is 7. The van der Waals surface area contributed by atoms with Gasteiger partial charge in [-0.1, -0.05) is 0 Å². The normalized spacial score (nSPS) is 17.2. The minimum Gasteiger partial charge on any atom is -0.394 e. The number of aromatic nitrogens is 1. The van der Waals surface area contributed by atoms with E-state index in [0.717, 1.165) is 6.20 Å². The molecule has 0 atom stereocenters. The van der Waals surface area contributed by atoms with E-state index in [1.165, 1.54) is 6.07 Å². The van der Waals surface area contributed by atoms with Gasteiger partial charge in [0.15, 0.2) is 0 Å². The number of ether oxygens (including phenoxy) is 1. The first-order chi connectivity index (χ1) is 9.60. The third-order valence-corrected chi connectivity index (χ3v) is 3.34. The molecule has 1 aliphatic rings. The molecule has 2 N–H and O–H groups in total. The van der Waals surface area contributed by atoms with E-state index >= 15 is 0 Å². The van der Waals surface area contributed by atoms with Gasteiger partial charge in [-0.15, -0.1) is 0 Å². The van der Waals surface area contributed by atoms with Crippen LogP contribution in [0.1, 0.15) is 18.4 Å². The van der Waals surface area contributed by atoms with E-state index in [2.05, 4.69) is 10.3 Å². The van der Waals surface area contributed by atoms with Gasteiger partial charge in [0.25, 0.3) is 5.69 Å². The Labute approximate surface area is 115 Å². The predicted molar refractivity (Wildman–Crippen MR) is 69.1 cm³/mol. The topological polar surface area (TPSA) is 121 Å². The minimum absolute atomic E-state index is 0.0820. The third-order valence-electron chi connectivity index (χ3n) is 3.34. The minimum atomic E-state index is -0.604. The number of anilines is 1. The molecule has 0 amide bonds. The molecule has 0 saturated carbocycles. The van der Waals surface area contributed by atoms with Gasteiger partial charge in [0.05, 0.1) is 17.1 Å². The number of hydrogen-bond donors (Lipinski definition) is 2. The second-order valence-corrected chi connectivity index (χ2v) is 4.63. The molecule has 0 bridgehead atoms. The molecule has 106 valence electrons. The fourth-order valence-electron chi connectivity index (χ4n) is 2.07. The average Bonchev–Trinajstić information content (AvgIpc) is 2.48. The number of nitrogens with one attached hydrogen (secondary N) is 1. The van der Waals surface area contributed by atoms with Crippen molar-refractivity contribution in [2.24, 2.45) is 0 Å². The van der Waals surface area contributed by atoms with Crippen LogP contribution < -0.4 is 5.32 Å². The van der Waals surface area contributed by atoms with Gasteiger partial charge >= 0.3 is 0 Å². The summed E-state index contributed by atoms with van der Waals surface area (Å²) in [5, 5.41) is 32.4. The van der Waals surface area contributed by atoms with Crippen LogP contribution in [0.25, 0.3) is 0 Å². The molecule has 0 radical (unpaired) electrons. The Morgan fingerprint density at radius 1 is 1.60 bits per heavy atom. The number of pyridine rings is 1. The number of aliphatic hydroxyl groups excluding tert-OH is 1. The Morgan fingerprint density at radius 2 is 2.30 bits per heavy atom. The molecule has 0 aromatic carbocycles. The van der Waals surface area contributed by atoms with Gasteiger partial charge in [-0.25, -0.2) is 4.98 Å². The molecule has 1 aromatic heterocycles. The van der Waals surface area contributed by atoms with E-state index in [9.17, 15) is 15.2 Å². The summed E-state index contributed by atoms with van der Waals surface area (Å²) in [5.74, 6) is 0.244. The Hall–Kier alpha value is -2.24. The Morgan fingerprint density at radius 3 is 2.85 bits per heavy atom. The van der Waals surface area contributed by atoms with Gasteiger partial charge in [-0.2, -0.15) is 5.26 Å². The Kier molecular flexibility index (Phi) is 4.12. The number of rotatable bonds is 4. The highest BCUT2D eigenvalue weighted by atomic mass is 16.6. The second-order valence-electron chi connectivity index (χ2n) is 4.63. The fourth-order valence-corrected chi connectivity index (χ4v) is 2.07. The molecule has 20 heavy (non-hydrogen) atoms. The van der Waals surface area contributed by atoms with Crippen molar-refractivity contribution >= 4 is 11.5 Å². The standard InChI is InChI=1S/C12H14N4O4/c13-6-9-5-10(16(18)19)7-14-11(9)15-12(8-17)1-3-20-4-2-12/h5,7,17H,1-4,8H2,(H,14,15). The first kappa shape index (κ1) is 14.2. The molecule has 1 saturated heterocycles. The lowest BCUT2D eigenvalue weighted by Crippen LogP contribution is -2.47. The zero-order valence-electron chi connectivity index (χ0n) is 10.7. The molecule has 1 aromatic rings. The summed E-state index contributed by atoms with van der Waals surface area (Å²) in [6.07, 6.45) is 2.24. The quantitative estimate of drug-likeness (QED) is 0.617. The van der Waals surface area contributed by atoms with Gasteiger partial charge in [-0.3, -0.25) is 10.1 Å². The molecule has 1 fully saturated rings. The molecule has 0 aliphatic carbocycles. The highest BCUT2D eigenvalue weighted by molar-refractivity contribution is 5.56. The first-order valence-corrected chi connectivity index (χ1v) is 6.11. The average molecular weight is 278 g/mol. The van der Waals surface area contributed by atoms with Gasteiger partial charge in [-0.05, 0) is 12.8 Å². The maximum Gasteiger partial charge on any atom is 0.289 e. The van der Waals surface area contributed by atoms with E-state index in [1.807, 2.05) is 6.07 Å². The van der Waals surface area contributed by atoms with Gasteiger partial charge < -0.3 is 15.2 Å². The van der Waals surface area contributed by atoms with Crippen molar-refractivity contribution < 1.29 is 14.8 Å². The molecule has 0 unspecified atom stereocenters. The third kappa shape index (κ3) is 2.84. The van der Waals surface area contributed by atoms with Crippen LogP contribution in [0.2, 0.25) is 0 Å². The lowest BCUT2D eigenvalue weighted by atomic mass is 9.91. The van der Waals surface area contributed by atoms with Gasteiger partial charge in [0.1, 0.15) is 23.6 Å². The smallest absolute Gasteiger partial charge is 0.289 e. The summed E-state index contributed by atoms with van der Waals surface area (Å²) in [4.78, 5) is 14.0. The Bertz CT molecular complexity index is 549. The number of aliphatic hydroxyl groups is 1. The van der Waals surface area contributed by atoms with Crippen LogP contribution in [-0.4, -0.2) is 40.4 Å². The highest BCUT2D eigenvalue weighted by Gasteiger charge is 2.33. The van der Waals surface area contributed by atoms with Crippen LogP contribution in [0.5, 0.6) is 0 Å². The first-order valence-electron chi connectivity index (χ1n) is 6.11. The van der Waals surface area contributed by atoms with Crippen molar-refractivity contribution in [1.82, 2.24) is 4.98 Å². The largest absolute Gasteiger partial charge is 0.394 e. The maximum atomic E-state index is 10.7. The SMILES string of the molecule is N#Cc1cc([N+](=O)[O-])cnc1NC1(CO)CCOCC1. The summed E-state index contributed by atoms with van der Waals surface area (Å²) in [6.45, 7) is 0.880. The van der Waals surface area contributed by atoms with Crippen molar-refractivity contribution in [3.05, 3.63) is 27.9 Å². The molecule has 2 rings (SSSR count). The summed E-state index contributed by atoms with van der Waals surface area (Å²) < 4.78 is 5.25. The number of nitriles is 1. The molecule has 8 nitrogen and oxygen atoms in total. The monoisotopic (exact) mass is 278 g/mol. The van der Waals surface area contributed by atoms with Crippen molar-refractivity contribution in [3.63, 3.8) is 0 Å².